The van der Waals surface area contributed by atoms with E-state index in [1.165, 1.54) is 0 Å². The van der Waals surface area contributed by atoms with Gasteiger partial charge in [0.05, 0.1) is 5.69 Å². The fourth-order valence-electron chi connectivity index (χ4n) is 0.538. The van der Waals surface area contributed by atoms with Crippen LogP contribution in [0.4, 0.5) is 11.5 Å². The van der Waals surface area contributed by atoms with Gasteiger partial charge in [0.2, 0.25) is 0 Å². The van der Waals surface area contributed by atoms with Gasteiger partial charge in [-0.1, -0.05) is 0 Å². The van der Waals surface area contributed by atoms with Gasteiger partial charge in [0.25, 0.3) is 0 Å². The summed E-state index contributed by atoms with van der Waals surface area (Å²) < 4.78 is 0. The Labute approximate surface area is 55.9 Å². The highest BCUT2D eigenvalue weighted by atomic mass is 31.0. The van der Waals surface area contributed by atoms with Gasteiger partial charge in [-0.15, -0.1) is 0 Å². The van der Waals surface area contributed by atoms with Gasteiger partial charge in [-0.25, -0.2) is 4.98 Å². The number of nitrogens with one attached hydrogen (secondary N) is 1. The Balaban J connectivity index is 3.01. The summed E-state index contributed by atoms with van der Waals surface area (Å²) in [6.07, 6.45) is 1.68. The van der Waals surface area contributed by atoms with Gasteiger partial charge in [-0.2, -0.15) is 0 Å². The van der Waals surface area contributed by atoms with Crippen LogP contribution in [0.3, 0.4) is 0 Å². The van der Waals surface area contributed by atoms with Gasteiger partial charge < -0.3 is 10.8 Å². The molecule has 48 valence electrons. The van der Waals surface area contributed by atoms with E-state index >= 15 is 0 Å². The molecule has 1 unspecified atom stereocenters. The Morgan fingerprint density at radius 1 is 1.67 bits per heavy atom. The molecule has 1 heterocycles. The highest BCUT2D eigenvalue weighted by Crippen LogP contribution is 2.13. The molecule has 0 fully saturated rings. The van der Waals surface area contributed by atoms with E-state index in [2.05, 4.69) is 19.5 Å². The van der Waals surface area contributed by atoms with E-state index < -0.39 is 0 Å². The molecule has 0 aliphatic carbocycles. The lowest BCUT2D eigenvalue weighted by atomic mass is 10.4. The van der Waals surface area contributed by atoms with Crippen molar-refractivity contribution in [1.29, 1.82) is 0 Å². The van der Waals surface area contributed by atoms with Gasteiger partial charge in [-0.05, 0) is 21.5 Å². The van der Waals surface area contributed by atoms with E-state index in [1.54, 1.807) is 18.3 Å². The molecule has 0 saturated carbocycles. The smallest absolute Gasteiger partial charge is 0.152 e. The number of anilines is 2. The molecule has 3 nitrogen and oxygen atoms in total. The molecule has 1 rings (SSSR count). The molecule has 0 spiro atoms. The molecular weight excluding hydrogens is 133 g/mol. The van der Waals surface area contributed by atoms with E-state index in [0.717, 1.165) is 0 Å². The van der Waals surface area contributed by atoms with Crippen molar-refractivity contribution in [3.05, 3.63) is 18.3 Å². The maximum atomic E-state index is 5.49. The third kappa shape index (κ3) is 1.30. The van der Waals surface area contributed by atoms with E-state index in [1.807, 2.05) is 0 Å². The Morgan fingerprint density at radius 3 is 2.89 bits per heavy atom. The molecule has 1 aromatic rings. The van der Waals surface area contributed by atoms with Crippen LogP contribution in [0.1, 0.15) is 0 Å². The van der Waals surface area contributed by atoms with Crippen molar-refractivity contribution >= 4 is 20.9 Å². The zero-order valence-electron chi connectivity index (χ0n) is 4.83. The fraction of sp³-hybridized carbons (Fsp3) is 0. The Bertz CT molecular complexity index is 201. The van der Waals surface area contributed by atoms with Crippen LogP contribution in [0.25, 0.3) is 0 Å². The van der Waals surface area contributed by atoms with Crippen molar-refractivity contribution in [2.24, 2.45) is 0 Å². The number of rotatable bonds is 1. The van der Waals surface area contributed by atoms with Crippen LogP contribution in [0, 0.1) is 0 Å². The summed E-state index contributed by atoms with van der Waals surface area (Å²) in [6.45, 7) is 0. The van der Waals surface area contributed by atoms with Crippen molar-refractivity contribution in [2.45, 2.75) is 0 Å². The molecule has 0 aromatic carbocycles. The summed E-state index contributed by atoms with van der Waals surface area (Å²) in [6, 6.07) is 3.58. The molecule has 4 heteroatoms. The lowest BCUT2D eigenvalue weighted by molar-refractivity contribution is 1.34. The molecular formula is C5H8N3P. The predicted molar refractivity (Wildman–Crippen MR) is 42.0 cm³/mol. The number of aromatic nitrogens is 1. The van der Waals surface area contributed by atoms with Gasteiger partial charge in [0.1, 0.15) is 0 Å². The minimum Gasteiger partial charge on any atom is -0.396 e. The Hall–Kier alpha value is -0.820. The van der Waals surface area contributed by atoms with E-state index in [9.17, 15) is 0 Å². The quantitative estimate of drug-likeness (QED) is 0.570. The molecule has 0 aliphatic heterocycles. The molecule has 0 saturated heterocycles. The first kappa shape index (κ1) is 6.30. The molecule has 0 amide bonds. The summed E-state index contributed by atoms with van der Waals surface area (Å²) in [5, 5.41) is 2.78. The maximum absolute atomic E-state index is 5.49. The zero-order valence-corrected chi connectivity index (χ0v) is 5.99. The van der Waals surface area contributed by atoms with Crippen LogP contribution in [-0.4, -0.2) is 4.98 Å². The van der Waals surface area contributed by atoms with Gasteiger partial charge in [-0.3, -0.25) is 0 Å². The molecule has 3 N–H and O–H groups in total. The van der Waals surface area contributed by atoms with Crippen LogP contribution in [0.15, 0.2) is 18.3 Å². The second kappa shape index (κ2) is 2.65. The van der Waals surface area contributed by atoms with Crippen LogP contribution < -0.4 is 10.8 Å². The van der Waals surface area contributed by atoms with Gasteiger partial charge in [0, 0.05) is 6.20 Å². The van der Waals surface area contributed by atoms with Crippen molar-refractivity contribution in [2.75, 3.05) is 10.8 Å². The number of hydrogen-bond donors (Lipinski definition) is 2. The Morgan fingerprint density at radius 2 is 2.44 bits per heavy atom. The number of hydrogen-bond acceptors (Lipinski definition) is 3. The number of nitrogens with two attached hydrogens (primary N) is 1. The second-order valence-electron chi connectivity index (χ2n) is 1.59. The predicted octanol–water partition coefficient (Wildman–Crippen LogP) is 0.866. The third-order valence-corrected chi connectivity index (χ3v) is 1.25. The minimum absolute atomic E-state index is 0.660. The zero-order chi connectivity index (χ0) is 6.69. The molecule has 9 heavy (non-hydrogen) atoms. The largest absolute Gasteiger partial charge is 0.396 e. The third-order valence-electron chi connectivity index (χ3n) is 0.976. The molecule has 0 bridgehead atoms. The Kier molecular flexibility index (Phi) is 1.85. The van der Waals surface area contributed by atoms with Crippen molar-refractivity contribution in [3.8, 4) is 0 Å². The lowest BCUT2D eigenvalue weighted by Crippen LogP contribution is -1.92. The maximum Gasteiger partial charge on any atom is 0.152 e. The standard InChI is InChI=1S/C5H8N3P/c6-4-2-1-3-7-5(4)8-9/h1-3H,6,9H2,(H,7,8). The van der Waals surface area contributed by atoms with Crippen LogP contribution in [0.2, 0.25) is 0 Å². The summed E-state index contributed by atoms with van der Waals surface area (Å²) >= 11 is 0. The monoisotopic (exact) mass is 141 g/mol. The first-order chi connectivity index (χ1) is 4.34. The van der Waals surface area contributed by atoms with Gasteiger partial charge in [0.15, 0.2) is 5.82 Å². The normalized spacial score (nSPS) is 9.00. The van der Waals surface area contributed by atoms with Crippen molar-refractivity contribution in [3.63, 3.8) is 0 Å². The van der Waals surface area contributed by atoms with E-state index in [0.29, 0.717) is 11.5 Å². The van der Waals surface area contributed by atoms with E-state index in [-0.39, 0.29) is 0 Å². The summed E-state index contributed by atoms with van der Waals surface area (Å²) in [4.78, 5) is 3.94. The average molecular weight is 141 g/mol. The van der Waals surface area contributed by atoms with E-state index in [4.69, 9.17) is 5.73 Å². The van der Waals surface area contributed by atoms with Crippen molar-refractivity contribution in [1.82, 2.24) is 4.98 Å². The molecule has 1 aromatic heterocycles. The topological polar surface area (TPSA) is 50.9 Å². The first-order valence-electron chi connectivity index (χ1n) is 2.51. The summed E-state index contributed by atoms with van der Waals surface area (Å²) in [5.74, 6) is 0.697. The molecule has 0 radical (unpaired) electrons. The molecule has 1 atom stereocenters. The SMILES string of the molecule is Nc1cccnc1NP. The highest BCUT2D eigenvalue weighted by molar-refractivity contribution is 7.18. The van der Waals surface area contributed by atoms with Crippen molar-refractivity contribution < 1.29 is 0 Å². The van der Waals surface area contributed by atoms with Gasteiger partial charge >= 0.3 is 0 Å². The summed E-state index contributed by atoms with van der Waals surface area (Å²) in [7, 11) is 2.33. The lowest BCUT2D eigenvalue weighted by Gasteiger charge is -1.99. The van der Waals surface area contributed by atoms with Crippen LogP contribution >= 0.6 is 9.39 Å². The average Bonchev–Trinajstić information content (AvgIpc) is 1.89. The highest BCUT2D eigenvalue weighted by Gasteiger charge is 1.91. The number of nitrogens with zero attached hydrogens (tertiary/aromatic N) is 1. The number of pyridine rings is 1. The molecule has 0 aliphatic rings. The fourth-order valence-corrected chi connectivity index (χ4v) is 0.780. The first-order valence-corrected chi connectivity index (χ1v) is 3.09. The minimum atomic E-state index is 0.660. The summed E-state index contributed by atoms with van der Waals surface area (Å²) in [5.41, 5.74) is 6.15. The second-order valence-corrected chi connectivity index (χ2v) is 1.87. The van der Waals surface area contributed by atoms with Crippen LogP contribution in [0.5, 0.6) is 0 Å². The van der Waals surface area contributed by atoms with Crippen LogP contribution in [-0.2, 0) is 0 Å². The number of nitrogen functional groups attached to an aromatic ring is 1.